The molecule has 1 amide bonds. The van der Waals surface area contributed by atoms with Gasteiger partial charge in [-0.25, -0.2) is 0 Å². The summed E-state index contributed by atoms with van der Waals surface area (Å²) >= 11 is 0. The first-order valence-corrected chi connectivity index (χ1v) is 7.31. The van der Waals surface area contributed by atoms with Gasteiger partial charge in [0.05, 0.1) is 6.10 Å². The molecule has 0 fully saturated rings. The first-order valence-electron chi connectivity index (χ1n) is 7.31. The van der Waals surface area contributed by atoms with Crippen molar-refractivity contribution in [2.45, 2.75) is 37.9 Å². The number of aliphatic hydroxyl groups is 3. The van der Waals surface area contributed by atoms with Gasteiger partial charge in [-0.15, -0.1) is 0 Å². The number of ketones is 2. The fraction of sp³-hybridized carbons (Fsp3) is 0.438. The van der Waals surface area contributed by atoms with Crippen LogP contribution in [0.15, 0.2) is 30.3 Å². The SMILES string of the molecule is CNC(=O)C(OC(C)O)C(=O)C(=O)C(O)C(O)Cc1ccccc1. The molecule has 4 unspecified atom stereocenters. The Bertz CT molecular complexity index is 573. The number of aliphatic hydroxyl groups excluding tert-OH is 3. The third-order valence-electron chi connectivity index (χ3n) is 3.22. The van der Waals surface area contributed by atoms with Crippen molar-refractivity contribution in [1.82, 2.24) is 5.32 Å². The van der Waals surface area contributed by atoms with E-state index in [9.17, 15) is 24.6 Å². The summed E-state index contributed by atoms with van der Waals surface area (Å²) in [7, 11) is 1.22. The van der Waals surface area contributed by atoms with Crippen LogP contribution in [0.5, 0.6) is 0 Å². The molecule has 0 spiro atoms. The van der Waals surface area contributed by atoms with Crippen LogP contribution in [-0.2, 0) is 25.5 Å². The van der Waals surface area contributed by atoms with E-state index in [4.69, 9.17) is 9.84 Å². The molecule has 1 aromatic rings. The lowest BCUT2D eigenvalue weighted by Crippen LogP contribution is -2.49. The highest BCUT2D eigenvalue weighted by atomic mass is 16.6. The van der Waals surface area contributed by atoms with Crippen LogP contribution in [0.4, 0.5) is 0 Å². The molecule has 0 radical (unpaired) electrons. The van der Waals surface area contributed by atoms with Crippen LogP contribution in [0.25, 0.3) is 0 Å². The summed E-state index contributed by atoms with van der Waals surface area (Å²) in [5, 5.41) is 31.1. The summed E-state index contributed by atoms with van der Waals surface area (Å²) in [6.45, 7) is 1.16. The number of ether oxygens (including phenoxy) is 1. The molecule has 8 heteroatoms. The molecule has 4 atom stereocenters. The Morgan fingerprint density at radius 2 is 1.67 bits per heavy atom. The zero-order valence-corrected chi connectivity index (χ0v) is 13.4. The van der Waals surface area contributed by atoms with Crippen LogP contribution in [0.3, 0.4) is 0 Å². The van der Waals surface area contributed by atoms with Gasteiger partial charge >= 0.3 is 0 Å². The van der Waals surface area contributed by atoms with Crippen LogP contribution >= 0.6 is 0 Å². The van der Waals surface area contributed by atoms with E-state index in [2.05, 4.69) is 5.32 Å². The van der Waals surface area contributed by atoms with Crippen molar-refractivity contribution < 1.29 is 34.4 Å². The van der Waals surface area contributed by atoms with Crippen molar-refractivity contribution >= 4 is 17.5 Å². The minimum absolute atomic E-state index is 0.0527. The Balaban J connectivity index is 2.80. The number of rotatable bonds is 9. The number of hydrogen-bond acceptors (Lipinski definition) is 7. The molecule has 0 heterocycles. The number of nitrogens with one attached hydrogen (secondary N) is 1. The maximum atomic E-state index is 12.1. The first-order chi connectivity index (χ1) is 11.3. The predicted octanol–water partition coefficient (Wildman–Crippen LogP) is -1.44. The monoisotopic (exact) mass is 339 g/mol. The van der Waals surface area contributed by atoms with E-state index < -0.39 is 42.1 Å². The first kappa shape index (κ1) is 19.9. The van der Waals surface area contributed by atoms with E-state index in [1.54, 1.807) is 30.3 Å². The normalized spacial score (nSPS) is 15.9. The van der Waals surface area contributed by atoms with Gasteiger partial charge in [0, 0.05) is 13.5 Å². The van der Waals surface area contributed by atoms with Crippen molar-refractivity contribution in [2.24, 2.45) is 0 Å². The largest absolute Gasteiger partial charge is 0.390 e. The van der Waals surface area contributed by atoms with Crippen molar-refractivity contribution in [3.63, 3.8) is 0 Å². The van der Waals surface area contributed by atoms with Crippen molar-refractivity contribution in [3.8, 4) is 0 Å². The number of benzene rings is 1. The maximum Gasteiger partial charge on any atom is 0.257 e. The van der Waals surface area contributed by atoms with Gasteiger partial charge in [0.15, 0.2) is 6.29 Å². The zero-order valence-electron chi connectivity index (χ0n) is 13.4. The highest BCUT2D eigenvalue weighted by Crippen LogP contribution is 2.09. The second kappa shape index (κ2) is 9.24. The van der Waals surface area contributed by atoms with Gasteiger partial charge in [-0.05, 0) is 12.5 Å². The van der Waals surface area contributed by atoms with Crippen LogP contribution in [0, 0.1) is 0 Å². The van der Waals surface area contributed by atoms with Gasteiger partial charge in [0.2, 0.25) is 17.7 Å². The maximum absolute atomic E-state index is 12.1. The van der Waals surface area contributed by atoms with E-state index in [0.717, 1.165) is 6.92 Å². The molecule has 0 aliphatic heterocycles. The van der Waals surface area contributed by atoms with Crippen LogP contribution in [0.1, 0.15) is 12.5 Å². The molecule has 0 bridgehead atoms. The average Bonchev–Trinajstić information content (AvgIpc) is 2.57. The average molecular weight is 339 g/mol. The number of carbonyl (C=O) groups excluding carboxylic acids is 3. The summed E-state index contributed by atoms with van der Waals surface area (Å²) in [5.74, 6) is -3.67. The van der Waals surface area contributed by atoms with E-state index in [-0.39, 0.29) is 6.42 Å². The molecule has 24 heavy (non-hydrogen) atoms. The third-order valence-corrected chi connectivity index (χ3v) is 3.22. The molecule has 4 N–H and O–H groups in total. The fourth-order valence-electron chi connectivity index (χ4n) is 1.99. The quantitative estimate of drug-likeness (QED) is 0.246. The minimum atomic E-state index is -2.01. The van der Waals surface area contributed by atoms with Crippen LogP contribution in [0.2, 0.25) is 0 Å². The Morgan fingerprint density at radius 3 is 2.17 bits per heavy atom. The van der Waals surface area contributed by atoms with Gasteiger partial charge in [-0.2, -0.15) is 0 Å². The zero-order chi connectivity index (χ0) is 18.3. The highest BCUT2D eigenvalue weighted by Gasteiger charge is 2.38. The van der Waals surface area contributed by atoms with E-state index in [0.29, 0.717) is 5.56 Å². The molecule has 132 valence electrons. The minimum Gasteiger partial charge on any atom is -0.390 e. The molecule has 0 saturated carbocycles. The lowest BCUT2D eigenvalue weighted by molar-refractivity contribution is -0.170. The lowest BCUT2D eigenvalue weighted by Gasteiger charge is -2.20. The van der Waals surface area contributed by atoms with Gasteiger partial charge < -0.3 is 25.4 Å². The van der Waals surface area contributed by atoms with Crippen molar-refractivity contribution in [1.29, 1.82) is 0 Å². The fourth-order valence-corrected chi connectivity index (χ4v) is 1.99. The second-order valence-corrected chi connectivity index (χ2v) is 5.16. The number of hydrogen-bond donors (Lipinski definition) is 4. The third kappa shape index (κ3) is 5.50. The summed E-state index contributed by atoms with van der Waals surface area (Å²) in [4.78, 5) is 35.7. The molecule has 0 aliphatic carbocycles. The number of carbonyl (C=O) groups is 3. The lowest BCUT2D eigenvalue weighted by atomic mass is 9.97. The molecular formula is C16H21NO7. The molecule has 0 saturated heterocycles. The topological polar surface area (TPSA) is 133 Å². The summed E-state index contributed by atoms with van der Waals surface area (Å²) in [6, 6.07) is 8.58. The van der Waals surface area contributed by atoms with Gasteiger partial charge in [0.25, 0.3) is 5.91 Å². The molecule has 1 aromatic carbocycles. The standard InChI is InChI=1S/C16H21NO7/c1-9(18)24-15(16(23)17-2)14(22)13(21)12(20)11(19)8-10-6-4-3-5-7-10/h3-7,9,11-12,15,18-20H,8H2,1-2H3,(H,17,23). The number of amides is 1. The molecule has 0 aromatic heterocycles. The molecule has 8 nitrogen and oxygen atoms in total. The summed E-state index contributed by atoms with van der Waals surface area (Å²) in [5.41, 5.74) is 0.660. The van der Waals surface area contributed by atoms with Gasteiger partial charge in [0.1, 0.15) is 6.10 Å². The highest BCUT2D eigenvalue weighted by molar-refractivity contribution is 6.44. The Labute approximate surface area is 139 Å². The molecular weight excluding hydrogens is 318 g/mol. The van der Waals surface area contributed by atoms with E-state index >= 15 is 0 Å². The van der Waals surface area contributed by atoms with Crippen molar-refractivity contribution in [3.05, 3.63) is 35.9 Å². The van der Waals surface area contributed by atoms with Crippen molar-refractivity contribution in [2.75, 3.05) is 7.05 Å². The molecule has 0 aliphatic rings. The number of likely N-dealkylation sites (N-methyl/N-ethyl adjacent to an activating group) is 1. The Hall–Kier alpha value is -2.13. The Kier molecular flexibility index (Phi) is 7.66. The van der Waals surface area contributed by atoms with E-state index in [1.807, 2.05) is 0 Å². The smallest absolute Gasteiger partial charge is 0.257 e. The van der Waals surface area contributed by atoms with Gasteiger partial charge in [-0.3, -0.25) is 14.4 Å². The predicted molar refractivity (Wildman–Crippen MR) is 82.8 cm³/mol. The van der Waals surface area contributed by atoms with Crippen LogP contribution < -0.4 is 5.32 Å². The summed E-state index contributed by atoms with van der Waals surface area (Å²) in [6.07, 6.45) is -6.97. The van der Waals surface area contributed by atoms with E-state index in [1.165, 1.54) is 7.05 Å². The molecule has 1 rings (SSSR count). The summed E-state index contributed by atoms with van der Waals surface area (Å²) < 4.78 is 4.71. The van der Waals surface area contributed by atoms with Crippen LogP contribution in [-0.4, -0.2) is 64.4 Å². The Morgan fingerprint density at radius 1 is 1.08 bits per heavy atom. The second-order valence-electron chi connectivity index (χ2n) is 5.16. The van der Waals surface area contributed by atoms with Gasteiger partial charge in [-0.1, -0.05) is 30.3 Å². The number of Topliss-reactive ketones (excluding diaryl/α,β-unsaturated/α-hetero) is 2.